The molecule has 0 radical (unpaired) electrons. The van der Waals surface area contributed by atoms with Crippen LogP contribution in [0.25, 0.3) is 0 Å². The molecule has 0 rings (SSSR count). The Morgan fingerprint density at radius 2 is 1.75 bits per heavy atom. The van der Waals surface area contributed by atoms with Crippen LogP contribution in [-0.4, -0.2) is 13.9 Å². The minimum atomic E-state index is -5.25. The fourth-order valence-electron chi connectivity index (χ4n) is 0.262. The molecule has 0 aliphatic carbocycles. The van der Waals surface area contributed by atoms with Crippen molar-refractivity contribution in [2.24, 2.45) is 0 Å². The van der Waals surface area contributed by atoms with Gasteiger partial charge in [-0.1, -0.05) is 5.57 Å². The summed E-state index contributed by atoms with van der Waals surface area (Å²) >= 11 is 0. The molecule has 0 aromatic heterocycles. The van der Waals surface area contributed by atoms with E-state index in [2.05, 4.69) is 0 Å². The summed E-state index contributed by atoms with van der Waals surface area (Å²) in [5.41, 5.74) is -4.82. The Labute approximate surface area is 68.3 Å². The third-order valence-electron chi connectivity index (χ3n) is 0.807. The Morgan fingerprint density at radius 1 is 1.33 bits per heavy atom. The van der Waals surface area contributed by atoms with Gasteiger partial charge in [0.25, 0.3) is 0 Å². The van der Waals surface area contributed by atoms with Crippen molar-refractivity contribution in [2.45, 2.75) is 19.4 Å². The molecule has 1 N–H and O–H groups in total. The minimum absolute atomic E-state index is 0.433. The molecular formula is C5H8F3NO2S. The van der Waals surface area contributed by atoms with E-state index in [1.165, 1.54) is 18.6 Å². The number of alkyl halides is 3. The molecule has 0 atom stereocenters. The Morgan fingerprint density at radius 3 is 2.00 bits per heavy atom. The molecule has 0 amide bonds. The van der Waals surface area contributed by atoms with E-state index in [-0.39, 0.29) is 0 Å². The van der Waals surface area contributed by atoms with E-state index in [0.29, 0.717) is 5.57 Å². The summed E-state index contributed by atoms with van der Waals surface area (Å²) in [7, 11) is -5.22. The molecule has 3 nitrogen and oxygen atoms in total. The highest BCUT2D eigenvalue weighted by Gasteiger charge is 2.45. The molecule has 0 unspecified atom stereocenters. The third-order valence-corrected chi connectivity index (χ3v) is 1.85. The van der Waals surface area contributed by atoms with Crippen molar-refractivity contribution in [3.8, 4) is 0 Å². The second-order valence-corrected chi connectivity index (χ2v) is 3.99. The molecule has 0 aromatic rings. The van der Waals surface area contributed by atoms with Gasteiger partial charge in [0.1, 0.15) is 0 Å². The van der Waals surface area contributed by atoms with Crippen molar-refractivity contribution in [1.82, 2.24) is 4.72 Å². The molecule has 72 valence electrons. The Kier molecular flexibility index (Phi) is 3.14. The van der Waals surface area contributed by atoms with Crippen molar-refractivity contribution in [3.63, 3.8) is 0 Å². The summed E-state index contributed by atoms with van der Waals surface area (Å²) in [6, 6.07) is 0. The van der Waals surface area contributed by atoms with Crippen LogP contribution in [0.2, 0.25) is 0 Å². The van der Waals surface area contributed by atoms with Crippen molar-refractivity contribution >= 4 is 10.0 Å². The third kappa shape index (κ3) is 3.12. The van der Waals surface area contributed by atoms with Gasteiger partial charge in [-0.05, 0) is 13.8 Å². The Hall–Kier alpha value is -0.720. The van der Waals surface area contributed by atoms with Crippen molar-refractivity contribution in [2.75, 3.05) is 0 Å². The number of hydrogen-bond donors (Lipinski definition) is 1. The van der Waals surface area contributed by atoms with E-state index in [1.807, 2.05) is 0 Å². The van der Waals surface area contributed by atoms with Crippen LogP contribution < -0.4 is 4.72 Å². The molecule has 12 heavy (non-hydrogen) atoms. The van der Waals surface area contributed by atoms with Gasteiger partial charge >= 0.3 is 15.5 Å². The normalized spacial score (nSPS) is 12.4. The van der Waals surface area contributed by atoms with Crippen molar-refractivity contribution in [1.29, 1.82) is 0 Å². The first-order valence-electron chi connectivity index (χ1n) is 2.89. The lowest BCUT2D eigenvalue weighted by Gasteiger charge is -2.06. The maximum Gasteiger partial charge on any atom is 0.516 e. The molecule has 0 spiro atoms. The number of sulfonamides is 1. The van der Waals surface area contributed by atoms with Gasteiger partial charge in [-0.15, -0.1) is 0 Å². The van der Waals surface area contributed by atoms with E-state index in [0.717, 1.165) is 6.20 Å². The second kappa shape index (κ2) is 3.34. The van der Waals surface area contributed by atoms with Crippen molar-refractivity contribution < 1.29 is 21.6 Å². The minimum Gasteiger partial charge on any atom is -0.283 e. The molecule has 0 aliphatic heterocycles. The smallest absolute Gasteiger partial charge is 0.283 e. The maximum absolute atomic E-state index is 11.6. The molecule has 0 heterocycles. The first-order chi connectivity index (χ1) is 5.17. The van der Waals surface area contributed by atoms with E-state index in [1.54, 1.807) is 0 Å². The summed E-state index contributed by atoms with van der Waals surface area (Å²) < 4.78 is 56.6. The van der Waals surface area contributed by atoms with Gasteiger partial charge in [-0.3, -0.25) is 4.72 Å². The zero-order valence-corrected chi connectivity index (χ0v) is 7.25. The topological polar surface area (TPSA) is 46.2 Å². The number of hydrogen-bond acceptors (Lipinski definition) is 2. The fourth-order valence-corrected chi connectivity index (χ4v) is 0.787. The van der Waals surface area contributed by atoms with Gasteiger partial charge in [-0.25, -0.2) is 0 Å². The van der Waals surface area contributed by atoms with E-state index in [9.17, 15) is 21.6 Å². The summed E-state index contributed by atoms with van der Waals surface area (Å²) in [5, 5.41) is 0. The van der Waals surface area contributed by atoms with Crippen LogP contribution in [0.1, 0.15) is 13.8 Å². The van der Waals surface area contributed by atoms with E-state index in [4.69, 9.17) is 0 Å². The highest BCUT2D eigenvalue weighted by molar-refractivity contribution is 7.90. The zero-order valence-electron chi connectivity index (χ0n) is 6.44. The van der Waals surface area contributed by atoms with Crippen LogP contribution in [0.5, 0.6) is 0 Å². The monoisotopic (exact) mass is 203 g/mol. The lowest BCUT2D eigenvalue weighted by molar-refractivity contribution is -0.0443. The molecule has 7 heteroatoms. The predicted molar refractivity (Wildman–Crippen MR) is 37.5 cm³/mol. The van der Waals surface area contributed by atoms with Gasteiger partial charge in [0.15, 0.2) is 0 Å². The number of rotatable bonds is 2. The molecule has 0 fully saturated rings. The molecule has 0 saturated carbocycles. The van der Waals surface area contributed by atoms with Crippen LogP contribution in [0.3, 0.4) is 0 Å². The zero-order chi connectivity index (χ0) is 9.99. The summed E-state index contributed by atoms with van der Waals surface area (Å²) in [5.74, 6) is 0. The number of halogens is 3. The average Bonchev–Trinajstić information content (AvgIpc) is 1.81. The second-order valence-electron chi connectivity index (χ2n) is 2.29. The van der Waals surface area contributed by atoms with Crippen molar-refractivity contribution in [3.05, 3.63) is 11.8 Å². The highest BCUT2D eigenvalue weighted by atomic mass is 32.2. The lowest BCUT2D eigenvalue weighted by atomic mass is 10.4. The summed E-state index contributed by atoms with van der Waals surface area (Å²) in [6.45, 7) is 2.94. The van der Waals surface area contributed by atoms with Crippen LogP contribution in [0, 0.1) is 0 Å². The molecule has 0 saturated heterocycles. The van der Waals surface area contributed by atoms with Crippen LogP contribution in [0.15, 0.2) is 11.8 Å². The first kappa shape index (κ1) is 11.3. The van der Waals surface area contributed by atoms with Crippen LogP contribution in [0.4, 0.5) is 13.2 Å². The predicted octanol–water partition coefficient (Wildman–Crippen LogP) is 1.35. The fraction of sp³-hybridized carbons (Fsp3) is 0.600. The SMILES string of the molecule is CC(C)=CNS(=O)(=O)C(F)(F)F. The van der Waals surface area contributed by atoms with Crippen LogP contribution >= 0.6 is 0 Å². The summed E-state index contributed by atoms with van der Waals surface area (Å²) in [4.78, 5) is 0. The molecule has 0 aromatic carbocycles. The Bertz CT molecular complexity index is 274. The number of nitrogens with one attached hydrogen (secondary N) is 1. The van der Waals surface area contributed by atoms with Gasteiger partial charge in [0, 0.05) is 6.20 Å². The van der Waals surface area contributed by atoms with Gasteiger partial charge < -0.3 is 0 Å². The standard InChI is InChI=1S/C5H8F3NO2S/c1-4(2)3-9-12(10,11)5(6,7)8/h3,9H,1-2H3. The molecular weight excluding hydrogens is 195 g/mol. The van der Waals surface area contributed by atoms with E-state index >= 15 is 0 Å². The van der Waals surface area contributed by atoms with Gasteiger partial charge in [0.05, 0.1) is 0 Å². The molecule has 0 aliphatic rings. The first-order valence-corrected chi connectivity index (χ1v) is 4.37. The highest BCUT2D eigenvalue weighted by Crippen LogP contribution is 2.21. The van der Waals surface area contributed by atoms with Gasteiger partial charge in [0.2, 0.25) is 0 Å². The lowest BCUT2D eigenvalue weighted by Crippen LogP contribution is -2.33. The molecule has 0 bridgehead atoms. The van der Waals surface area contributed by atoms with Gasteiger partial charge in [-0.2, -0.15) is 21.6 Å². The Balaban J connectivity index is 4.59. The average molecular weight is 203 g/mol. The summed E-state index contributed by atoms with van der Waals surface area (Å²) in [6.07, 6.45) is 0.781. The largest absolute Gasteiger partial charge is 0.516 e. The quantitative estimate of drug-likeness (QED) is 0.736. The van der Waals surface area contributed by atoms with Crippen LogP contribution in [-0.2, 0) is 10.0 Å². The van der Waals surface area contributed by atoms with E-state index < -0.39 is 15.5 Å². The maximum atomic E-state index is 11.6. The number of allylic oxidation sites excluding steroid dienone is 1.